The van der Waals surface area contributed by atoms with E-state index < -0.39 is 0 Å². The number of benzene rings is 2. The molecule has 0 unspecified atom stereocenters. The molecule has 0 radical (unpaired) electrons. The molecule has 5 heteroatoms. The number of aryl methyl sites for hydroxylation is 2. The van der Waals surface area contributed by atoms with Crippen LogP contribution in [0, 0.1) is 0 Å². The number of nitrogens with two attached hydrogens (primary N) is 1. The second-order valence-electron chi connectivity index (χ2n) is 6.41. The molecule has 3 rings (SSSR count). The Balaban J connectivity index is 1.62. The fourth-order valence-electron chi connectivity index (χ4n) is 2.86. The van der Waals surface area contributed by atoms with Crippen LogP contribution < -0.4 is 11.1 Å². The van der Waals surface area contributed by atoms with Crippen LogP contribution in [0.4, 0.5) is 11.5 Å². The van der Waals surface area contributed by atoms with Crippen LogP contribution in [0.1, 0.15) is 31.0 Å². The number of nitrogens with one attached hydrogen (secondary N) is 1. The summed E-state index contributed by atoms with van der Waals surface area (Å²) in [5.74, 6) is 0.511. The van der Waals surface area contributed by atoms with Gasteiger partial charge in [0, 0.05) is 17.7 Å². The standard InChI is InChI=1S/C22H24N4O/c1-2-19-22(24-15-20(25-19)17-11-13-18(23)14-12-17)26-21(27)10-6-9-16-7-4-3-5-8-16/h3-5,7-8,11-15H,2,6,9-10,23H2,1H3,(H,24,26,27). The number of anilines is 2. The van der Waals surface area contributed by atoms with Gasteiger partial charge in [-0.15, -0.1) is 0 Å². The number of amides is 1. The normalized spacial score (nSPS) is 10.6. The van der Waals surface area contributed by atoms with Gasteiger partial charge < -0.3 is 11.1 Å². The van der Waals surface area contributed by atoms with Gasteiger partial charge in [-0.3, -0.25) is 4.79 Å². The zero-order valence-corrected chi connectivity index (χ0v) is 15.5. The Labute approximate surface area is 159 Å². The van der Waals surface area contributed by atoms with Crippen molar-refractivity contribution in [2.75, 3.05) is 11.1 Å². The number of carbonyl (C=O) groups excluding carboxylic acids is 1. The maximum absolute atomic E-state index is 12.3. The largest absolute Gasteiger partial charge is 0.399 e. The predicted octanol–water partition coefficient (Wildman–Crippen LogP) is 4.25. The molecule has 0 saturated heterocycles. The number of carbonyl (C=O) groups is 1. The lowest BCUT2D eigenvalue weighted by Crippen LogP contribution is -2.15. The average molecular weight is 360 g/mol. The highest BCUT2D eigenvalue weighted by molar-refractivity contribution is 5.90. The van der Waals surface area contributed by atoms with E-state index in [-0.39, 0.29) is 5.91 Å². The molecule has 0 aliphatic heterocycles. The summed E-state index contributed by atoms with van der Waals surface area (Å²) in [4.78, 5) is 21.4. The van der Waals surface area contributed by atoms with Crippen LogP contribution >= 0.6 is 0 Å². The lowest BCUT2D eigenvalue weighted by Gasteiger charge is -2.10. The van der Waals surface area contributed by atoms with Crippen LogP contribution in [0.2, 0.25) is 0 Å². The van der Waals surface area contributed by atoms with E-state index in [4.69, 9.17) is 5.73 Å². The summed E-state index contributed by atoms with van der Waals surface area (Å²) in [5.41, 5.74) is 10.2. The van der Waals surface area contributed by atoms with E-state index >= 15 is 0 Å². The van der Waals surface area contributed by atoms with Crippen LogP contribution in [-0.2, 0) is 17.6 Å². The third-order valence-electron chi connectivity index (χ3n) is 4.36. The van der Waals surface area contributed by atoms with Gasteiger partial charge in [-0.25, -0.2) is 9.97 Å². The first-order chi connectivity index (χ1) is 13.2. The Hall–Kier alpha value is -3.21. The van der Waals surface area contributed by atoms with Crippen molar-refractivity contribution in [3.05, 3.63) is 72.1 Å². The molecule has 3 N–H and O–H groups in total. The third kappa shape index (κ3) is 5.14. The highest BCUT2D eigenvalue weighted by Gasteiger charge is 2.11. The minimum atomic E-state index is -0.0323. The SMILES string of the molecule is CCc1nc(-c2ccc(N)cc2)cnc1NC(=O)CCCc1ccccc1. The van der Waals surface area contributed by atoms with Crippen molar-refractivity contribution in [3.63, 3.8) is 0 Å². The first kappa shape index (κ1) is 18.6. The van der Waals surface area contributed by atoms with E-state index in [0.717, 1.165) is 29.8 Å². The molecule has 27 heavy (non-hydrogen) atoms. The van der Waals surface area contributed by atoms with Crippen LogP contribution in [-0.4, -0.2) is 15.9 Å². The van der Waals surface area contributed by atoms with Crippen LogP contribution in [0.5, 0.6) is 0 Å². The van der Waals surface area contributed by atoms with Crippen LogP contribution in [0.15, 0.2) is 60.8 Å². The van der Waals surface area contributed by atoms with E-state index in [1.165, 1.54) is 5.56 Å². The van der Waals surface area contributed by atoms with Gasteiger partial charge in [-0.2, -0.15) is 0 Å². The molecule has 0 atom stereocenters. The van der Waals surface area contributed by atoms with Gasteiger partial charge in [0.15, 0.2) is 5.82 Å². The van der Waals surface area contributed by atoms with Crippen molar-refractivity contribution >= 4 is 17.4 Å². The number of hydrogen-bond acceptors (Lipinski definition) is 4. The molecule has 1 heterocycles. The second kappa shape index (κ2) is 8.94. The molecular weight excluding hydrogens is 336 g/mol. The lowest BCUT2D eigenvalue weighted by molar-refractivity contribution is -0.116. The number of nitrogens with zero attached hydrogens (tertiary/aromatic N) is 2. The number of hydrogen-bond donors (Lipinski definition) is 2. The van der Waals surface area contributed by atoms with Crippen molar-refractivity contribution in [3.8, 4) is 11.3 Å². The van der Waals surface area contributed by atoms with Crippen molar-refractivity contribution < 1.29 is 4.79 Å². The van der Waals surface area contributed by atoms with E-state index in [1.807, 2.05) is 49.4 Å². The average Bonchev–Trinajstić information content (AvgIpc) is 2.70. The second-order valence-corrected chi connectivity index (χ2v) is 6.41. The van der Waals surface area contributed by atoms with Gasteiger partial charge >= 0.3 is 0 Å². The lowest BCUT2D eigenvalue weighted by atomic mass is 10.1. The molecule has 0 bridgehead atoms. The van der Waals surface area contributed by atoms with Crippen LogP contribution in [0.25, 0.3) is 11.3 Å². The molecule has 1 aromatic heterocycles. The molecular formula is C22H24N4O. The highest BCUT2D eigenvalue weighted by Crippen LogP contribution is 2.21. The summed E-state index contributed by atoms with van der Waals surface area (Å²) in [7, 11) is 0. The summed E-state index contributed by atoms with van der Waals surface area (Å²) in [6, 6.07) is 17.7. The highest BCUT2D eigenvalue weighted by atomic mass is 16.1. The third-order valence-corrected chi connectivity index (χ3v) is 4.36. The monoisotopic (exact) mass is 360 g/mol. The zero-order valence-electron chi connectivity index (χ0n) is 15.5. The van der Waals surface area contributed by atoms with Crippen molar-refractivity contribution in [2.45, 2.75) is 32.6 Å². The molecule has 0 saturated carbocycles. The Morgan fingerprint density at radius 3 is 2.52 bits per heavy atom. The summed E-state index contributed by atoms with van der Waals surface area (Å²) in [5, 5.41) is 2.90. The fourth-order valence-corrected chi connectivity index (χ4v) is 2.86. The zero-order chi connectivity index (χ0) is 19.1. The van der Waals surface area contributed by atoms with E-state index in [1.54, 1.807) is 6.20 Å². The smallest absolute Gasteiger partial charge is 0.225 e. The van der Waals surface area contributed by atoms with Crippen molar-refractivity contribution in [1.29, 1.82) is 0 Å². The minimum Gasteiger partial charge on any atom is -0.399 e. The van der Waals surface area contributed by atoms with Gasteiger partial charge in [0.1, 0.15) is 0 Å². The topological polar surface area (TPSA) is 80.9 Å². The van der Waals surface area contributed by atoms with Gasteiger partial charge in [-0.1, -0.05) is 49.4 Å². The Bertz CT molecular complexity index is 892. The first-order valence-corrected chi connectivity index (χ1v) is 9.21. The van der Waals surface area contributed by atoms with E-state index in [0.29, 0.717) is 24.3 Å². The Morgan fingerprint density at radius 2 is 1.81 bits per heavy atom. The first-order valence-electron chi connectivity index (χ1n) is 9.21. The maximum Gasteiger partial charge on any atom is 0.225 e. The summed E-state index contributed by atoms with van der Waals surface area (Å²) in [6.45, 7) is 2.00. The molecule has 0 fully saturated rings. The minimum absolute atomic E-state index is 0.0323. The quantitative estimate of drug-likeness (QED) is 0.617. The number of aromatic nitrogens is 2. The van der Waals surface area contributed by atoms with Gasteiger partial charge in [0.25, 0.3) is 0 Å². The molecule has 3 aromatic rings. The van der Waals surface area contributed by atoms with E-state index in [9.17, 15) is 4.79 Å². The number of nitrogen functional groups attached to an aromatic ring is 1. The number of rotatable bonds is 7. The Morgan fingerprint density at radius 1 is 1.07 bits per heavy atom. The molecule has 138 valence electrons. The molecule has 1 amide bonds. The molecule has 2 aromatic carbocycles. The molecule has 0 aliphatic carbocycles. The molecule has 5 nitrogen and oxygen atoms in total. The molecule has 0 spiro atoms. The fraction of sp³-hybridized carbons (Fsp3) is 0.227. The van der Waals surface area contributed by atoms with Crippen molar-refractivity contribution in [1.82, 2.24) is 9.97 Å². The van der Waals surface area contributed by atoms with Gasteiger partial charge in [0.2, 0.25) is 5.91 Å². The van der Waals surface area contributed by atoms with E-state index in [2.05, 4.69) is 27.4 Å². The molecule has 0 aliphatic rings. The van der Waals surface area contributed by atoms with Gasteiger partial charge in [0.05, 0.1) is 17.6 Å². The Kier molecular flexibility index (Phi) is 6.15. The predicted molar refractivity (Wildman–Crippen MR) is 109 cm³/mol. The summed E-state index contributed by atoms with van der Waals surface area (Å²) < 4.78 is 0. The summed E-state index contributed by atoms with van der Waals surface area (Å²) in [6.07, 6.45) is 4.52. The summed E-state index contributed by atoms with van der Waals surface area (Å²) >= 11 is 0. The maximum atomic E-state index is 12.3. The van der Waals surface area contributed by atoms with Crippen molar-refractivity contribution in [2.24, 2.45) is 0 Å². The van der Waals surface area contributed by atoms with Crippen LogP contribution in [0.3, 0.4) is 0 Å². The van der Waals surface area contributed by atoms with Gasteiger partial charge in [-0.05, 0) is 37.0 Å².